The van der Waals surface area contributed by atoms with Gasteiger partial charge in [-0.05, 0) is 62.0 Å². The van der Waals surface area contributed by atoms with Crippen LogP contribution in [-0.2, 0) is 19.6 Å². The predicted molar refractivity (Wildman–Crippen MR) is 105 cm³/mol. The fourth-order valence-corrected chi connectivity index (χ4v) is 5.30. The van der Waals surface area contributed by atoms with Gasteiger partial charge in [-0.15, -0.1) is 0 Å². The first-order valence-corrected chi connectivity index (χ1v) is 11.5. The number of benzene rings is 1. The Kier molecular flexibility index (Phi) is 7.30. The number of carbonyl (C=O) groups excluding carboxylic acids is 2. The largest absolute Gasteiger partial charge is 0.467 e. The highest BCUT2D eigenvalue weighted by Gasteiger charge is 2.42. The van der Waals surface area contributed by atoms with Gasteiger partial charge in [-0.3, -0.25) is 4.79 Å². The van der Waals surface area contributed by atoms with E-state index in [0.29, 0.717) is 24.8 Å². The van der Waals surface area contributed by atoms with Crippen LogP contribution in [0.4, 0.5) is 0 Å². The third-order valence-electron chi connectivity index (χ3n) is 4.67. The second-order valence-corrected chi connectivity index (χ2v) is 9.53. The minimum atomic E-state index is -3.63. The van der Waals surface area contributed by atoms with Gasteiger partial charge in [-0.2, -0.15) is 11.8 Å². The van der Waals surface area contributed by atoms with Crippen LogP contribution in [0.25, 0.3) is 0 Å². The Hall–Kier alpha value is -1.58. The first-order chi connectivity index (χ1) is 12.7. The Labute approximate surface area is 164 Å². The molecule has 2 N–H and O–H groups in total. The van der Waals surface area contributed by atoms with E-state index in [1.807, 2.05) is 6.92 Å². The summed E-state index contributed by atoms with van der Waals surface area (Å²) in [6.45, 7) is 3.68. The van der Waals surface area contributed by atoms with Crippen molar-refractivity contribution in [3.8, 4) is 0 Å². The molecule has 2 rings (SSSR count). The molecule has 1 aromatic rings. The summed E-state index contributed by atoms with van der Waals surface area (Å²) in [7, 11) is -2.32. The van der Waals surface area contributed by atoms with E-state index >= 15 is 0 Å². The van der Waals surface area contributed by atoms with Crippen molar-refractivity contribution < 1.29 is 22.7 Å². The van der Waals surface area contributed by atoms with E-state index in [1.165, 1.54) is 31.4 Å². The molecule has 9 heteroatoms. The number of hydrogen-bond donors (Lipinski definition) is 2. The smallest absolute Gasteiger partial charge is 0.331 e. The van der Waals surface area contributed by atoms with E-state index in [9.17, 15) is 18.0 Å². The molecular formula is C18H26N2O5S2. The number of thioether (sulfide) groups is 1. The van der Waals surface area contributed by atoms with Crippen LogP contribution in [0.1, 0.15) is 43.5 Å². The van der Waals surface area contributed by atoms with Gasteiger partial charge in [-0.25, -0.2) is 17.9 Å². The summed E-state index contributed by atoms with van der Waals surface area (Å²) >= 11 is 1.73. The maximum atomic E-state index is 12.6. The van der Waals surface area contributed by atoms with Crippen LogP contribution >= 0.6 is 11.8 Å². The third kappa shape index (κ3) is 5.24. The Bertz CT molecular complexity index is 771. The molecule has 0 bridgehead atoms. The maximum absolute atomic E-state index is 12.6. The number of rotatable bonds is 7. The molecule has 1 aromatic carbocycles. The minimum absolute atomic E-state index is 0.0936. The van der Waals surface area contributed by atoms with Crippen molar-refractivity contribution in [1.29, 1.82) is 0 Å². The highest BCUT2D eigenvalue weighted by molar-refractivity contribution is 7.99. The number of sulfonamides is 1. The van der Waals surface area contributed by atoms with Crippen molar-refractivity contribution in [3.63, 3.8) is 0 Å². The molecule has 1 heterocycles. The molecule has 1 fully saturated rings. The van der Waals surface area contributed by atoms with Crippen LogP contribution < -0.4 is 10.0 Å². The zero-order valence-corrected chi connectivity index (χ0v) is 17.4. The molecule has 0 radical (unpaired) electrons. The normalized spacial score (nSPS) is 17.7. The van der Waals surface area contributed by atoms with E-state index in [-0.39, 0.29) is 10.9 Å². The first-order valence-electron chi connectivity index (χ1n) is 8.85. The number of esters is 1. The Morgan fingerprint density at radius 2 is 1.81 bits per heavy atom. The van der Waals surface area contributed by atoms with Gasteiger partial charge in [0.15, 0.2) is 0 Å². The fraction of sp³-hybridized carbons (Fsp3) is 0.556. The average molecular weight is 415 g/mol. The van der Waals surface area contributed by atoms with Crippen molar-refractivity contribution in [2.75, 3.05) is 18.6 Å². The minimum Gasteiger partial charge on any atom is -0.467 e. The van der Waals surface area contributed by atoms with Crippen molar-refractivity contribution in [2.45, 2.75) is 49.6 Å². The lowest BCUT2D eigenvalue weighted by molar-refractivity contribution is -0.148. The lowest BCUT2D eigenvalue weighted by atomic mass is 9.91. The summed E-state index contributed by atoms with van der Waals surface area (Å²) in [5.74, 6) is 0.640. The van der Waals surface area contributed by atoms with Gasteiger partial charge in [-0.1, -0.05) is 6.92 Å². The quantitative estimate of drug-likeness (QED) is 0.661. The van der Waals surface area contributed by atoms with Crippen molar-refractivity contribution >= 4 is 33.7 Å². The van der Waals surface area contributed by atoms with E-state index in [4.69, 9.17) is 4.74 Å². The Balaban J connectivity index is 2.16. The van der Waals surface area contributed by atoms with Crippen LogP contribution in [0.5, 0.6) is 0 Å². The summed E-state index contributed by atoms with van der Waals surface area (Å²) < 4.78 is 32.1. The lowest BCUT2D eigenvalue weighted by Crippen LogP contribution is -2.57. The number of amides is 1. The topological polar surface area (TPSA) is 102 Å². The zero-order chi connectivity index (χ0) is 20.1. The molecule has 0 saturated carbocycles. The maximum Gasteiger partial charge on any atom is 0.331 e. The number of hydrogen-bond acceptors (Lipinski definition) is 6. The molecule has 1 amide bonds. The van der Waals surface area contributed by atoms with Crippen LogP contribution in [0.15, 0.2) is 29.2 Å². The Morgan fingerprint density at radius 1 is 1.22 bits per heavy atom. The summed E-state index contributed by atoms with van der Waals surface area (Å²) in [6, 6.07) is 5.50. The third-order valence-corrected chi connectivity index (χ3v) is 7.26. The number of ether oxygens (including phenoxy) is 1. The van der Waals surface area contributed by atoms with E-state index in [1.54, 1.807) is 18.7 Å². The average Bonchev–Trinajstić information content (AvgIpc) is 2.67. The van der Waals surface area contributed by atoms with Gasteiger partial charge in [0.1, 0.15) is 5.54 Å². The summed E-state index contributed by atoms with van der Waals surface area (Å²) in [5, 5.41) is 2.81. The van der Waals surface area contributed by atoms with Gasteiger partial charge in [0.25, 0.3) is 5.91 Å². The van der Waals surface area contributed by atoms with Crippen molar-refractivity contribution in [3.05, 3.63) is 29.8 Å². The molecule has 0 spiro atoms. The molecule has 27 heavy (non-hydrogen) atoms. The molecule has 150 valence electrons. The van der Waals surface area contributed by atoms with Crippen molar-refractivity contribution in [1.82, 2.24) is 10.0 Å². The molecular weight excluding hydrogens is 388 g/mol. The number of methoxy groups -OCH3 is 1. The molecule has 7 nitrogen and oxygen atoms in total. The van der Waals surface area contributed by atoms with Crippen molar-refractivity contribution in [2.24, 2.45) is 0 Å². The van der Waals surface area contributed by atoms with E-state index in [0.717, 1.165) is 11.5 Å². The van der Waals surface area contributed by atoms with E-state index < -0.39 is 27.4 Å². The zero-order valence-electron chi connectivity index (χ0n) is 15.8. The molecule has 0 aliphatic carbocycles. The second-order valence-electron chi connectivity index (χ2n) is 6.60. The van der Waals surface area contributed by atoms with Crippen LogP contribution in [0, 0.1) is 0 Å². The summed E-state index contributed by atoms with van der Waals surface area (Å²) in [6.07, 6.45) is 1.68. The highest BCUT2D eigenvalue weighted by atomic mass is 32.2. The molecule has 1 unspecified atom stereocenters. The predicted octanol–water partition coefficient (Wildman–Crippen LogP) is 1.93. The first kappa shape index (κ1) is 21.7. The Morgan fingerprint density at radius 3 is 2.33 bits per heavy atom. The van der Waals surface area contributed by atoms with Gasteiger partial charge in [0.05, 0.1) is 12.0 Å². The van der Waals surface area contributed by atoms with Gasteiger partial charge in [0, 0.05) is 11.6 Å². The van der Waals surface area contributed by atoms with Gasteiger partial charge >= 0.3 is 5.97 Å². The van der Waals surface area contributed by atoms with Crippen LogP contribution in [-0.4, -0.2) is 50.5 Å². The monoisotopic (exact) mass is 414 g/mol. The summed E-state index contributed by atoms with van der Waals surface area (Å²) in [5.41, 5.74) is -0.737. The SMILES string of the molecule is CCC(C)NS(=O)(=O)c1ccc(C(=O)NC2(C(=O)OC)CCSCC2)cc1. The van der Waals surface area contributed by atoms with Gasteiger partial charge < -0.3 is 10.1 Å². The number of carbonyl (C=O) groups is 2. The van der Waals surface area contributed by atoms with Crippen LogP contribution in [0.2, 0.25) is 0 Å². The second kappa shape index (κ2) is 9.07. The standard InChI is InChI=1S/C18H26N2O5S2/c1-4-13(2)20-27(23,24)15-7-5-14(6-8-15)16(21)19-18(17(22)25-3)9-11-26-12-10-18/h5-8,13,20H,4,9-12H2,1-3H3,(H,19,21). The summed E-state index contributed by atoms with van der Waals surface area (Å²) in [4.78, 5) is 25.0. The lowest BCUT2D eigenvalue weighted by Gasteiger charge is -2.34. The molecule has 1 aliphatic heterocycles. The fourth-order valence-electron chi connectivity index (χ4n) is 2.79. The van der Waals surface area contributed by atoms with Gasteiger partial charge in [0.2, 0.25) is 10.0 Å². The van der Waals surface area contributed by atoms with Crippen LogP contribution in [0.3, 0.4) is 0 Å². The highest BCUT2D eigenvalue weighted by Crippen LogP contribution is 2.28. The number of nitrogens with one attached hydrogen (secondary N) is 2. The molecule has 0 aromatic heterocycles. The molecule has 1 aliphatic rings. The molecule has 1 atom stereocenters. The molecule has 1 saturated heterocycles. The van der Waals surface area contributed by atoms with E-state index in [2.05, 4.69) is 10.0 Å².